The van der Waals surface area contributed by atoms with Crippen LogP contribution in [0.5, 0.6) is 0 Å². The number of benzene rings is 2. The number of rotatable bonds is 5. The minimum atomic E-state index is -0.972. The Bertz CT molecular complexity index is 1020. The van der Waals surface area contributed by atoms with E-state index >= 15 is 0 Å². The monoisotopic (exact) mass is 422 g/mol. The summed E-state index contributed by atoms with van der Waals surface area (Å²) >= 11 is 0. The van der Waals surface area contributed by atoms with Gasteiger partial charge in [-0.25, -0.2) is 4.79 Å². The zero-order valence-electron chi connectivity index (χ0n) is 18.0. The number of ether oxygens (including phenoxy) is 1. The van der Waals surface area contributed by atoms with Gasteiger partial charge in [-0.1, -0.05) is 32.0 Å². The van der Waals surface area contributed by atoms with E-state index in [0.29, 0.717) is 30.2 Å². The maximum absolute atomic E-state index is 13.4. The van der Waals surface area contributed by atoms with Gasteiger partial charge in [0.25, 0.3) is 5.91 Å². The molecule has 0 aromatic heterocycles. The molecule has 31 heavy (non-hydrogen) atoms. The zero-order valence-corrected chi connectivity index (χ0v) is 18.0. The average molecular weight is 423 g/mol. The third-order valence-corrected chi connectivity index (χ3v) is 6.37. The molecule has 2 aliphatic rings. The van der Waals surface area contributed by atoms with Gasteiger partial charge < -0.3 is 20.7 Å². The number of amides is 2. The summed E-state index contributed by atoms with van der Waals surface area (Å²) in [5, 5.41) is 8.00. The number of para-hydroxylation sites is 1. The van der Waals surface area contributed by atoms with E-state index < -0.39 is 17.4 Å². The summed E-state index contributed by atoms with van der Waals surface area (Å²) in [4.78, 5) is 38.5. The molecule has 1 saturated heterocycles. The molecule has 4 rings (SSSR count). The van der Waals surface area contributed by atoms with Crippen molar-refractivity contribution >= 4 is 29.2 Å². The summed E-state index contributed by atoms with van der Waals surface area (Å²) in [6.45, 7) is 6.28. The number of nitrogens with one attached hydrogen (secondary N) is 2. The molecular formula is C24H28N3O4+. The van der Waals surface area contributed by atoms with Crippen LogP contribution in [0.4, 0.5) is 11.4 Å². The molecule has 2 aromatic carbocycles. The predicted octanol–water partition coefficient (Wildman–Crippen LogP) is 2.26. The minimum Gasteiger partial charge on any atom is -0.462 e. The smallest absolute Gasteiger partial charge is 0.338 e. The third kappa shape index (κ3) is 3.59. The van der Waals surface area contributed by atoms with Crippen molar-refractivity contribution in [1.29, 1.82) is 0 Å². The lowest BCUT2D eigenvalue weighted by molar-refractivity contribution is -0.736. The lowest BCUT2D eigenvalue weighted by Crippen LogP contribution is -2.99. The Morgan fingerprint density at radius 3 is 2.58 bits per heavy atom. The van der Waals surface area contributed by atoms with Crippen molar-refractivity contribution in [1.82, 2.24) is 0 Å². The molecule has 7 heteroatoms. The van der Waals surface area contributed by atoms with Gasteiger partial charge in [0.2, 0.25) is 11.4 Å². The number of quaternary nitrogens is 1. The molecule has 2 amide bonds. The van der Waals surface area contributed by atoms with Crippen LogP contribution in [0.15, 0.2) is 48.5 Å². The highest BCUT2D eigenvalue weighted by molar-refractivity contribution is 6.09. The lowest BCUT2D eigenvalue weighted by Gasteiger charge is -2.26. The summed E-state index contributed by atoms with van der Waals surface area (Å²) in [6.07, 6.45) is 0.603. The van der Waals surface area contributed by atoms with Gasteiger partial charge in [0, 0.05) is 23.6 Å². The highest BCUT2D eigenvalue weighted by Crippen LogP contribution is 2.43. The van der Waals surface area contributed by atoms with Gasteiger partial charge in [-0.2, -0.15) is 0 Å². The minimum absolute atomic E-state index is 0.144. The van der Waals surface area contributed by atoms with Crippen molar-refractivity contribution in [2.75, 3.05) is 17.2 Å². The van der Waals surface area contributed by atoms with E-state index in [2.05, 4.69) is 29.8 Å². The molecule has 0 radical (unpaired) electrons. The van der Waals surface area contributed by atoms with Crippen LogP contribution >= 0.6 is 0 Å². The average Bonchev–Trinajstić information content (AvgIpc) is 3.29. The second-order valence-electron chi connectivity index (χ2n) is 8.52. The fourth-order valence-corrected chi connectivity index (χ4v) is 4.70. The Hall–Kier alpha value is -3.19. The lowest BCUT2D eigenvalue weighted by atomic mass is 9.79. The number of nitrogens with two attached hydrogens (primary N) is 1. The predicted molar refractivity (Wildman–Crippen MR) is 116 cm³/mol. The molecule has 7 nitrogen and oxygen atoms in total. The first-order valence-corrected chi connectivity index (χ1v) is 10.7. The van der Waals surface area contributed by atoms with Crippen LogP contribution in [-0.2, 0) is 19.9 Å². The fraction of sp³-hybridized carbons (Fsp3) is 0.375. The van der Waals surface area contributed by atoms with Crippen LogP contribution < -0.4 is 16.0 Å². The van der Waals surface area contributed by atoms with Gasteiger partial charge in [0.15, 0.2) is 0 Å². The zero-order chi connectivity index (χ0) is 22.2. The molecule has 1 spiro atoms. The van der Waals surface area contributed by atoms with Gasteiger partial charge in [-0.05, 0) is 37.3 Å². The summed E-state index contributed by atoms with van der Waals surface area (Å²) in [5.74, 6) is -0.944. The first-order chi connectivity index (χ1) is 14.9. The molecular weight excluding hydrogens is 394 g/mol. The van der Waals surface area contributed by atoms with E-state index in [1.807, 2.05) is 24.3 Å². The summed E-state index contributed by atoms with van der Waals surface area (Å²) < 4.78 is 5.00. The summed E-state index contributed by atoms with van der Waals surface area (Å²) in [5.41, 5.74) is 1.66. The molecule has 2 aromatic rings. The Labute approximate surface area is 181 Å². The number of carbonyl (C=O) groups excluding carboxylic acids is 3. The normalized spacial score (nSPS) is 24.2. The number of hydrogen-bond acceptors (Lipinski definition) is 4. The topological polar surface area (TPSA) is 101 Å². The molecule has 0 saturated carbocycles. The number of fused-ring (bicyclic) bond motifs is 2. The number of carbonyl (C=O) groups is 3. The van der Waals surface area contributed by atoms with E-state index in [1.54, 1.807) is 31.2 Å². The Kier molecular flexibility index (Phi) is 5.54. The Morgan fingerprint density at radius 2 is 1.90 bits per heavy atom. The van der Waals surface area contributed by atoms with Crippen LogP contribution in [0, 0.1) is 11.8 Å². The van der Waals surface area contributed by atoms with Crippen molar-refractivity contribution in [2.24, 2.45) is 11.8 Å². The number of hydrogen-bond donors (Lipinski definition) is 3. The number of anilines is 2. The Balaban J connectivity index is 1.62. The van der Waals surface area contributed by atoms with Crippen LogP contribution in [0.25, 0.3) is 0 Å². The van der Waals surface area contributed by atoms with E-state index in [0.717, 1.165) is 11.3 Å². The van der Waals surface area contributed by atoms with Crippen molar-refractivity contribution < 1.29 is 24.4 Å². The molecule has 0 aliphatic carbocycles. The van der Waals surface area contributed by atoms with Crippen molar-refractivity contribution in [2.45, 2.75) is 38.8 Å². The van der Waals surface area contributed by atoms with Crippen LogP contribution in [0.3, 0.4) is 0 Å². The standard InChI is InChI=1S/C24H27N3O4/c1-4-31-22(29)15-9-11-16(12-10-15)25-21(28)18-13-20(14(2)3)27-24(18)17-7-5-6-8-19(17)26-23(24)30/h5-12,14,18,20,27H,4,13H2,1-3H3,(H,25,28)(H,26,30)/p+1/t18-,20-,24+/m1/s1. The van der Waals surface area contributed by atoms with Crippen LogP contribution in [0.1, 0.15) is 43.1 Å². The second kappa shape index (κ2) is 8.15. The van der Waals surface area contributed by atoms with Gasteiger partial charge in [0.05, 0.1) is 23.9 Å². The first-order valence-electron chi connectivity index (χ1n) is 10.7. The summed E-state index contributed by atoms with van der Waals surface area (Å²) in [6, 6.07) is 14.3. The van der Waals surface area contributed by atoms with Gasteiger partial charge in [-0.15, -0.1) is 0 Å². The maximum atomic E-state index is 13.4. The van der Waals surface area contributed by atoms with Crippen molar-refractivity contribution in [3.63, 3.8) is 0 Å². The molecule has 4 N–H and O–H groups in total. The van der Waals surface area contributed by atoms with Gasteiger partial charge >= 0.3 is 5.97 Å². The van der Waals surface area contributed by atoms with Gasteiger partial charge in [0.1, 0.15) is 5.92 Å². The van der Waals surface area contributed by atoms with Crippen LogP contribution in [-0.4, -0.2) is 30.4 Å². The van der Waals surface area contributed by atoms with E-state index in [1.165, 1.54) is 0 Å². The molecule has 162 valence electrons. The first kappa shape index (κ1) is 21.1. The highest BCUT2D eigenvalue weighted by Gasteiger charge is 2.64. The SMILES string of the molecule is CCOC(=O)c1ccc(NC(=O)[C@H]2C[C@H](C(C)C)[NH2+][C@]23C(=O)Nc2ccccc23)cc1. The maximum Gasteiger partial charge on any atom is 0.338 e. The van der Waals surface area contributed by atoms with E-state index in [-0.39, 0.29) is 17.9 Å². The number of esters is 1. The van der Waals surface area contributed by atoms with Crippen LogP contribution in [0.2, 0.25) is 0 Å². The highest BCUT2D eigenvalue weighted by atomic mass is 16.5. The Morgan fingerprint density at radius 1 is 1.19 bits per heavy atom. The van der Waals surface area contributed by atoms with Crippen molar-refractivity contribution in [3.05, 3.63) is 59.7 Å². The van der Waals surface area contributed by atoms with Gasteiger partial charge in [-0.3, -0.25) is 9.59 Å². The second-order valence-corrected chi connectivity index (χ2v) is 8.52. The molecule has 2 heterocycles. The molecule has 1 fully saturated rings. The molecule has 0 bridgehead atoms. The molecule has 2 aliphatic heterocycles. The molecule has 3 atom stereocenters. The quantitative estimate of drug-likeness (QED) is 0.644. The van der Waals surface area contributed by atoms with Crippen molar-refractivity contribution in [3.8, 4) is 0 Å². The molecule has 0 unspecified atom stereocenters. The largest absolute Gasteiger partial charge is 0.462 e. The van der Waals surface area contributed by atoms with E-state index in [4.69, 9.17) is 4.74 Å². The fourth-order valence-electron chi connectivity index (χ4n) is 4.70. The third-order valence-electron chi connectivity index (χ3n) is 6.37. The van der Waals surface area contributed by atoms with E-state index in [9.17, 15) is 14.4 Å². The summed E-state index contributed by atoms with van der Waals surface area (Å²) in [7, 11) is 0.